The number of benzene rings is 6. The first-order chi connectivity index (χ1) is 30.3. The quantitative estimate of drug-likeness (QED) is 0.188. The van der Waals surface area contributed by atoms with Gasteiger partial charge in [0, 0.05) is 48.8 Å². The van der Waals surface area contributed by atoms with Crippen LogP contribution in [0, 0.1) is 0 Å². The predicted octanol–water partition coefficient (Wildman–Crippen LogP) is 16.2. The highest BCUT2D eigenvalue weighted by Crippen LogP contribution is 2.57. The second kappa shape index (κ2) is 14.6. The van der Waals surface area contributed by atoms with Crippen molar-refractivity contribution in [1.82, 2.24) is 14.5 Å². The molecule has 6 aromatic carbocycles. The van der Waals surface area contributed by atoms with Crippen LogP contribution in [0.15, 0.2) is 140 Å². The molecule has 0 fully saturated rings. The standard InChI is InChI=1S/C59H57N3OS/c1-56(2,3)39-23-25-47(41(32-39)36-20-16-13-17-21-36)62-48-26-27-49-51(52(48)61-55(62)43-33-40(57(4,5)6)34-45(53(43)63)58(7,8)9)50-42-30-38(22-24-44(42)59(10,11)54(50)64-49)46-31-37(28-29-60-46)35-18-14-12-15-19-35/h12-34,63H,1-11H3. The number of hydrogen-bond acceptors (Lipinski definition) is 4. The molecule has 5 heteroatoms. The molecule has 10 rings (SSSR count). The smallest absolute Gasteiger partial charge is 0.149 e. The zero-order chi connectivity index (χ0) is 45.1. The van der Waals surface area contributed by atoms with E-state index in [1.165, 1.54) is 37.4 Å². The van der Waals surface area contributed by atoms with E-state index in [1.54, 1.807) is 0 Å². The van der Waals surface area contributed by atoms with Crippen molar-refractivity contribution in [2.24, 2.45) is 0 Å². The topological polar surface area (TPSA) is 50.9 Å². The van der Waals surface area contributed by atoms with E-state index < -0.39 is 0 Å². The van der Waals surface area contributed by atoms with Gasteiger partial charge in [-0.1, -0.05) is 161 Å². The number of phenols is 1. The molecule has 64 heavy (non-hydrogen) atoms. The Hall–Kier alpha value is -6.30. The highest BCUT2D eigenvalue weighted by molar-refractivity contribution is 7.20. The van der Waals surface area contributed by atoms with E-state index in [9.17, 15) is 5.11 Å². The summed E-state index contributed by atoms with van der Waals surface area (Å²) in [6.07, 6.45) is 1.92. The third-order valence-electron chi connectivity index (χ3n) is 13.4. The Morgan fingerprint density at radius 3 is 1.92 bits per heavy atom. The van der Waals surface area contributed by atoms with Gasteiger partial charge in [0.2, 0.25) is 0 Å². The Kier molecular flexibility index (Phi) is 9.52. The second-order valence-corrected chi connectivity index (χ2v) is 22.4. The number of pyridine rings is 1. The fraction of sp³-hybridized carbons (Fsp3) is 0.254. The number of thiophene rings is 1. The lowest BCUT2D eigenvalue weighted by Crippen LogP contribution is -2.17. The fourth-order valence-electron chi connectivity index (χ4n) is 9.68. The molecule has 9 aromatic rings. The molecule has 1 aliphatic carbocycles. The maximum atomic E-state index is 12.6. The number of nitrogens with zero attached hydrogens (tertiary/aromatic N) is 3. The summed E-state index contributed by atoms with van der Waals surface area (Å²) in [4.78, 5) is 12.0. The first-order valence-electron chi connectivity index (χ1n) is 22.5. The second-order valence-electron chi connectivity index (χ2n) is 21.3. The van der Waals surface area contributed by atoms with Gasteiger partial charge in [-0.2, -0.15) is 0 Å². The van der Waals surface area contributed by atoms with Crippen LogP contribution in [0.3, 0.4) is 0 Å². The molecule has 0 saturated carbocycles. The average molecular weight is 856 g/mol. The predicted molar refractivity (Wildman–Crippen MR) is 271 cm³/mol. The number of rotatable bonds is 5. The van der Waals surface area contributed by atoms with E-state index >= 15 is 0 Å². The lowest BCUT2D eigenvalue weighted by molar-refractivity contribution is 0.446. The molecule has 3 aromatic heterocycles. The molecule has 0 aliphatic heterocycles. The van der Waals surface area contributed by atoms with Gasteiger partial charge in [0.15, 0.2) is 0 Å². The maximum absolute atomic E-state index is 12.6. The highest BCUT2D eigenvalue weighted by atomic mass is 32.1. The first kappa shape index (κ1) is 41.7. The van der Waals surface area contributed by atoms with Gasteiger partial charge in [-0.3, -0.25) is 9.55 Å². The molecule has 0 unspecified atom stereocenters. The van der Waals surface area contributed by atoms with E-state index in [4.69, 9.17) is 9.97 Å². The van der Waals surface area contributed by atoms with Crippen molar-refractivity contribution < 1.29 is 5.11 Å². The molecule has 0 radical (unpaired) electrons. The number of phenolic OH excluding ortho intramolecular Hbond substituents is 1. The van der Waals surface area contributed by atoms with Crippen LogP contribution >= 0.6 is 11.3 Å². The summed E-state index contributed by atoms with van der Waals surface area (Å²) >= 11 is 1.88. The minimum Gasteiger partial charge on any atom is -0.507 e. The zero-order valence-corrected chi connectivity index (χ0v) is 39.8. The van der Waals surface area contributed by atoms with Crippen LogP contribution in [0.2, 0.25) is 0 Å². The summed E-state index contributed by atoms with van der Waals surface area (Å²) in [5.41, 5.74) is 16.6. The Balaban J connectivity index is 1.30. The van der Waals surface area contributed by atoms with Crippen molar-refractivity contribution in [2.45, 2.75) is 97.8 Å². The molecular weight excluding hydrogens is 799 g/mol. The lowest BCUT2D eigenvalue weighted by Gasteiger charge is -2.28. The third kappa shape index (κ3) is 6.79. The van der Waals surface area contributed by atoms with Gasteiger partial charge < -0.3 is 5.11 Å². The summed E-state index contributed by atoms with van der Waals surface area (Å²) < 4.78 is 3.54. The van der Waals surface area contributed by atoms with Crippen molar-refractivity contribution in [3.8, 4) is 67.5 Å². The van der Waals surface area contributed by atoms with Crippen LogP contribution < -0.4 is 0 Å². The van der Waals surface area contributed by atoms with Crippen LogP contribution in [0.5, 0.6) is 5.75 Å². The Bertz CT molecular complexity index is 3290. The van der Waals surface area contributed by atoms with E-state index in [2.05, 4.69) is 214 Å². The Morgan fingerprint density at radius 1 is 0.578 bits per heavy atom. The van der Waals surface area contributed by atoms with Crippen molar-refractivity contribution in [1.29, 1.82) is 0 Å². The van der Waals surface area contributed by atoms with Crippen molar-refractivity contribution in [3.63, 3.8) is 0 Å². The lowest BCUT2D eigenvalue weighted by atomic mass is 9.79. The molecular formula is C59H57N3OS. The molecule has 0 saturated heterocycles. The number of hydrogen-bond donors (Lipinski definition) is 1. The van der Waals surface area contributed by atoms with Crippen molar-refractivity contribution in [2.75, 3.05) is 0 Å². The van der Waals surface area contributed by atoms with Crippen LogP contribution in [0.1, 0.15) is 103 Å². The maximum Gasteiger partial charge on any atom is 0.149 e. The molecule has 0 bridgehead atoms. The van der Waals surface area contributed by atoms with E-state index in [-0.39, 0.29) is 27.4 Å². The first-order valence-corrected chi connectivity index (χ1v) is 23.4. The van der Waals surface area contributed by atoms with Gasteiger partial charge in [0.05, 0.1) is 28.0 Å². The highest BCUT2D eigenvalue weighted by Gasteiger charge is 2.40. The molecule has 4 nitrogen and oxygen atoms in total. The van der Waals surface area contributed by atoms with Gasteiger partial charge in [-0.15, -0.1) is 11.3 Å². The van der Waals surface area contributed by atoms with E-state index in [0.717, 1.165) is 72.6 Å². The van der Waals surface area contributed by atoms with E-state index in [1.807, 2.05) is 17.5 Å². The van der Waals surface area contributed by atoms with Crippen LogP contribution in [0.25, 0.3) is 82.8 Å². The summed E-state index contributed by atoms with van der Waals surface area (Å²) in [6.45, 7) is 24.8. The SMILES string of the molecule is CC(C)(C)c1ccc(-n2c(-c3cc(C(C)(C)C)cc(C(C)(C)C)c3O)nc3c4c5c(sc4ccc32)C(C)(C)c2ccc(-c3cc(-c4ccccc4)ccn3)cc2-5)c(-c2ccccc2)c1. The molecule has 3 heterocycles. The molecule has 0 spiro atoms. The monoisotopic (exact) mass is 855 g/mol. The van der Waals surface area contributed by atoms with Gasteiger partial charge in [0.25, 0.3) is 0 Å². The van der Waals surface area contributed by atoms with Gasteiger partial charge in [-0.25, -0.2) is 4.98 Å². The molecule has 0 atom stereocenters. The van der Waals surface area contributed by atoms with Crippen LogP contribution in [0.4, 0.5) is 0 Å². The molecule has 0 amide bonds. The zero-order valence-electron chi connectivity index (χ0n) is 39.0. The molecule has 1 N–H and O–H groups in total. The van der Waals surface area contributed by atoms with Crippen molar-refractivity contribution >= 4 is 32.5 Å². The Labute approximate surface area is 382 Å². The number of imidazole rings is 1. The largest absolute Gasteiger partial charge is 0.507 e. The van der Waals surface area contributed by atoms with Crippen LogP contribution in [-0.4, -0.2) is 19.6 Å². The third-order valence-corrected chi connectivity index (χ3v) is 14.9. The molecule has 1 aliphatic rings. The number of fused-ring (bicyclic) bond motifs is 7. The number of aromatic nitrogens is 3. The number of aromatic hydroxyl groups is 1. The summed E-state index contributed by atoms with van der Waals surface area (Å²) in [7, 11) is 0. The van der Waals surface area contributed by atoms with E-state index in [0.29, 0.717) is 0 Å². The fourth-order valence-corrected chi connectivity index (χ4v) is 11.0. The minimum absolute atomic E-state index is 0.0658. The van der Waals surface area contributed by atoms with Gasteiger partial charge >= 0.3 is 0 Å². The minimum atomic E-state index is -0.315. The van der Waals surface area contributed by atoms with Crippen LogP contribution in [-0.2, 0) is 21.7 Å². The normalized spacial score (nSPS) is 13.7. The van der Waals surface area contributed by atoms with Gasteiger partial charge in [0.1, 0.15) is 11.6 Å². The van der Waals surface area contributed by atoms with Crippen molar-refractivity contribution in [3.05, 3.63) is 167 Å². The van der Waals surface area contributed by atoms with Gasteiger partial charge in [-0.05, 0) is 104 Å². The molecule has 320 valence electrons. The average Bonchev–Trinajstić information content (AvgIpc) is 3.91. The summed E-state index contributed by atoms with van der Waals surface area (Å²) in [6, 6.07) is 48.3. The summed E-state index contributed by atoms with van der Waals surface area (Å²) in [5, 5.41) is 13.8. The Morgan fingerprint density at radius 2 is 1.25 bits per heavy atom. The summed E-state index contributed by atoms with van der Waals surface area (Å²) in [5.74, 6) is 1.00.